The van der Waals surface area contributed by atoms with E-state index < -0.39 is 0 Å². The van der Waals surface area contributed by atoms with Crippen molar-refractivity contribution in [2.75, 3.05) is 13.2 Å². The quantitative estimate of drug-likeness (QED) is 0.508. The molecule has 1 saturated carbocycles. The van der Waals surface area contributed by atoms with Gasteiger partial charge in [-0.1, -0.05) is 0 Å². The van der Waals surface area contributed by atoms with E-state index in [-0.39, 0.29) is 11.2 Å². The van der Waals surface area contributed by atoms with Crippen molar-refractivity contribution in [3.63, 3.8) is 0 Å². The topological polar surface area (TPSA) is 26.3 Å². The number of carbonyl (C=O) groups is 1. The van der Waals surface area contributed by atoms with Crippen LogP contribution in [-0.4, -0.2) is 18.5 Å². The highest BCUT2D eigenvalue weighted by Gasteiger charge is 2.57. The van der Waals surface area contributed by atoms with Crippen molar-refractivity contribution in [1.82, 2.24) is 0 Å². The molecule has 3 heteroatoms. The zero-order valence-electron chi connectivity index (χ0n) is 4.84. The van der Waals surface area contributed by atoms with Crippen LogP contribution in [0.1, 0.15) is 0 Å². The Kier molecular flexibility index (Phi) is 1.08. The molecule has 0 unspecified atom stereocenters. The molecule has 2 fully saturated rings. The lowest BCUT2D eigenvalue weighted by Gasteiger charge is -1.95. The Morgan fingerprint density at radius 2 is 2.00 bits per heavy atom. The summed E-state index contributed by atoms with van der Waals surface area (Å²) in [5.41, 5.74) is 0. The van der Waals surface area contributed by atoms with Gasteiger partial charge in [0.1, 0.15) is 0 Å². The fraction of sp³-hybridized carbons (Fsp3) is 0.833. The number of ether oxygens (including phenoxy) is 1. The van der Waals surface area contributed by atoms with Crippen molar-refractivity contribution in [3.8, 4) is 0 Å². The van der Waals surface area contributed by atoms with E-state index in [1.165, 1.54) is 0 Å². The minimum atomic E-state index is -0.173. The molecular weight excluding hydrogens is 140 g/mol. The molecule has 0 N–H and O–H groups in total. The van der Waals surface area contributed by atoms with Crippen LogP contribution in [0.25, 0.3) is 0 Å². The molecular formula is C6H7ClO2. The molecule has 3 atom stereocenters. The molecule has 0 aromatic carbocycles. The predicted molar refractivity (Wildman–Crippen MR) is 32.1 cm³/mol. The average Bonchev–Trinajstić information content (AvgIpc) is 2.30. The summed E-state index contributed by atoms with van der Waals surface area (Å²) >= 11 is 5.28. The fourth-order valence-corrected chi connectivity index (χ4v) is 1.90. The Hall–Kier alpha value is -0.0800. The number of carbonyl (C=O) groups excluding carboxylic acids is 1. The number of hydrogen-bond donors (Lipinski definition) is 0. The van der Waals surface area contributed by atoms with Gasteiger partial charge < -0.3 is 4.74 Å². The average molecular weight is 147 g/mol. The van der Waals surface area contributed by atoms with Gasteiger partial charge in [0, 0.05) is 5.92 Å². The molecule has 2 nitrogen and oxygen atoms in total. The molecule has 0 spiro atoms. The van der Waals surface area contributed by atoms with Gasteiger partial charge in [0.2, 0.25) is 5.24 Å². The van der Waals surface area contributed by atoms with Crippen LogP contribution in [0.15, 0.2) is 0 Å². The van der Waals surface area contributed by atoms with E-state index >= 15 is 0 Å². The lowest BCUT2D eigenvalue weighted by molar-refractivity contribution is -0.113. The maximum atomic E-state index is 10.5. The first-order valence-corrected chi connectivity index (χ1v) is 3.45. The molecule has 9 heavy (non-hydrogen) atoms. The zero-order valence-corrected chi connectivity index (χ0v) is 5.60. The molecule has 1 aliphatic carbocycles. The Balaban J connectivity index is 2.02. The second kappa shape index (κ2) is 1.70. The van der Waals surface area contributed by atoms with Gasteiger partial charge in [-0.05, 0) is 23.4 Å². The maximum Gasteiger partial charge on any atom is 0.225 e. The van der Waals surface area contributed by atoms with E-state index in [0.717, 1.165) is 13.2 Å². The van der Waals surface area contributed by atoms with Gasteiger partial charge in [0.25, 0.3) is 0 Å². The van der Waals surface area contributed by atoms with Gasteiger partial charge >= 0.3 is 0 Å². The normalized spacial score (nSPS) is 46.6. The van der Waals surface area contributed by atoms with Gasteiger partial charge in [-0.15, -0.1) is 0 Å². The minimum absolute atomic E-state index is 0.139. The van der Waals surface area contributed by atoms with Crippen molar-refractivity contribution in [3.05, 3.63) is 0 Å². The van der Waals surface area contributed by atoms with Crippen molar-refractivity contribution in [2.45, 2.75) is 0 Å². The second-order valence-electron chi connectivity index (χ2n) is 2.70. The summed E-state index contributed by atoms with van der Waals surface area (Å²) in [6.45, 7) is 1.49. The fourth-order valence-electron chi connectivity index (χ4n) is 1.58. The van der Waals surface area contributed by atoms with Crippen LogP contribution in [-0.2, 0) is 9.53 Å². The minimum Gasteiger partial charge on any atom is -0.381 e. The molecule has 2 rings (SSSR count). The highest BCUT2D eigenvalue weighted by molar-refractivity contribution is 6.64. The van der Waals surface area contributed by atoms with Crippen molar-refractivity contribution >= 4 is 16.8 Å². The number of rotatable bonds is 1. The van der Waals surface area contributed by atoms with Crippen LogP contribution >= 0.6 is 11.6 Å². The molecule has 0 aromatic rings. The second-order valence-corrected chi connectivity index (χ2v) is 3.07. The first-order valence-electron chi connectivity index (χ1n) is 3.08. The third-order valence-electron chi connectivity index (χ3n) is 2.21. The molecule has 0 amide bonds. The SMILES string of the molecule is O=C(Cl)[C@@H]1[C@@H]2COC[C@@H]21. The van der Waals surface area contributed by atoms with Crippen LogP contribution in [0.3, 0.4) is 0 Å². The van der Waals surface area contributed by atoms with E-state index in [0.29, 0.717) is 11.8 Å². The summed E-state index contributed by atoms with van der Waals surface area (Å²) in [6, 6.07) is 0. The highest BCUT2D eigenvalue weighted by Crippen LogP contribution is 2.51. The molecule has 50 valence electrons. The predicted octanol–water partition coefficient (Wildman–Crippen LogP) is 0.644. The molecule has 0 aromatic heterocycles. The summed E-state index contributed by atoms with van der Waals surface area (Å²) in [7, 11) is 0. The zero-order chi connectivity index (χ0) is 6.43. The van der Waals surface area contributed by atoms with Crippen LogP contribution in [0.4, 0.5) is 0 Å². The van der Waals surface area contributed by atoms with E-state index in [1.54, 1.807) is 0 Å². The smallest absolute Gasteiger partial charge is 0.225 e. The van der Waals surface area contributed by atoms with Crippen molar-refractivity contribution < 1.29 is 9.53 Å². The molecule has 1 saturated heterocycles. The Morgan fingerprint density at radius 3 is 2.33 bits per heavy atom. The summed E-state index contributed by atoms with van der Waals surface area (Å²) in [5.74, 6) is 1.07. The first-order chi connectivity index (χ1) is 4.30. The lowest BCUT2D eigenvalue weighted by atomic mass is 10.3. The van der Waals surface area contributed by atoms with Crippen LogP contribution in [0, 0.1) is 17.8 Å². The molecule has 1 aliphatic heterocycles. The van der Waals surface area contributed by atoms with Crippen LogP contribution in [0.5, 0.6) is 0 Å². The Labute approximate surface area is 58.1 Å². The number of halogens is 1. The molecule has 0 bridgehead atoms. The van der Waals surface area contributed by atoms with E-state index in [2.05, 4.69) is 0 Å². The maximum absolute atomic E-state index is 10.5. The third kappa shape index (κ3) is 0.700. The molecule has 0 radical (unpaired) electrons. The number of fused-ring (bicyclic) bond motifs is 1. The van der Waals surface area contributed by atoms with Crippen LogP contribution in [0.2, 0.25) is 0 Å². The standard InChI is InChI=1S/C6H7ClO2/c7-6(8)5-3-1-9-2-4(3)5/h3-5H,1-2H2/t3-,4+,5-. The molecule has 1 heterocycles. The number of hydrogen-bond acceptors (Lipinski definition) is 2. The van der Waals surface area contributed by atoms with E-state index in [4.69, 9.17) is 16.3 Å². The molecule has 2 aliphatic rings. The lowest BCUT2D eigenvalue weighted by Crippen LogP contribution is -2.02. The Bertz CT molecular complexity index is 147. The van der Waals surface area contributed by atoms with Gasteiger partial charge in [-0.3, -0.25) is 4.79 Å². The van der Waals surface area contributed by atoms with Gasteiger partial charge in [-0.25, -0.2) is 0 Å². The van der Waals surface area contributed by atoms with Crippen molar-refractivity contribution in [2.24, 2.45) is 17.8 Å². The summed E-state index contributed by atoms with van der Waals surface area (Å²) < 4.78 is 5.08. The largest absolute Gasteiger partial charge is 0.381 e. The summed E-state index contributed by atoms with van der Waals surface area (Å²) in [6.07, 6.45) is 0. The van der Waals surface area contributed by atoms with Crippen LogP contribution < -0.4 is 0 Å². The first kappa shape index (κ1) is 5.69. The Morgan fingerprint density at radius 1 is 1.44 bits per heavy atom. The monoisotopic (exact) mass is 146 g/mol. The summed E-state index contributed by atoms with van der Waals surface area (Å²) in [5, 5.41) is -0.173. The van der Waals surface area contributed by atoms with Gasteiger partial charge in [0.15, 0.2) is 0 Å². The van der Waals surface area contributed by atoms with Gasteiger partial charge in [0.05, 0.1) is 13.2 Å². The highest BCUT2D eigenvalue weighted by atomic mass is 35.5. The third-order valence-corrected chi connectivity index (χ3v) is 2.47. The van der Waals surface area contributed by atoms with E-state index in [9.17, 15) is 4.79 Å². The van der Waals surface area contributed by atoms with Crippen molar-refractivity contribution in [1.29, 1.82) is 0 Å². The van der Waals surface area contributed by atoms with Gasteiger partial charge in [-0.2, -0.15) is 0 Å². The van der Waals surface area contributed by atoms with E-state index in [1.807, 2.05) is 0 Å². The summed E-state index contributed by atoms with van der Waals surface area (Å²) in [4.78, 5) is 10.5.